The first kappa shape index (κ1) is 7.80. The molecule has 0 atom stereocenters. The van der Waals surface area contributed by atoms with E-state index in [1.807, 2.05) is 0 Å². The molecule has 1 rings (SSSR count). The highest BCUT2D eigenvalue weighted by atomic mass is 14.9. The molecule has 1 nitrogen and oxygen atoms in total. The van der Waals surface area contributed by atoms with Crippen LogP contribution in [-0.4, -0.2) is 13.1 Å². The Morgan fingerprint density at radius 2 is 2.50 bits per heavy atom. The lowest BCUT2D eigenvalue weighted by Gasteiger charge is -1.93. The van der Waals surface area contributed by atoms with Crippen molar-refractivity contribution in [1.29, 1.82) is 0 Å². The Morgan fingerprint density at radius 1 is 1.60 bits per heavy atom. The number of hydrogen-bond acceptors (Lipinski definition) is 1. The van der Waals surface area contributed by atoms with E-state index in [9.17, 15) is 0 Å². The molecule has 1 heterocycles. The molecule has 1 N–H and O–H groups in total. The SMILES string of the molecule is CCCCC=C1CCNC1. The first-order chi connectivity index (χ1) is 4.93. The van der Waals surface area contributed by atoms with Gasteiger partial charge in [-0.15, -0.1) is 0 Å². The van der Waals surface area contributed by atoms with E-state index in [4.69, 9.17) is 0 Å². The van der Waals surface area contributed by atoms with E-state index in [-0.39, 0.29) is 0 Å². The van der Waals surface area contributed by atoms with Crippen molar-refractivity contribution in [3.63, 3.8) is 0 Å². The van der Waals surface area contributed by atoms with Gasteiger partial charge in [0.25, 0.3) is 0 Å². The fraction of sp³-hybridized carbons (Fsp3) is 0.778. The smallest absolute Gasteiger partial charge is 0.0165 e. The van der Waals surface area contributed by atoms with Gasteiger partial charge >= 0.3 is 0 Å². The standard InChI is InChI=1S/C9H17N/c1-2-3-4-5-9-6-7-10-8-9/h5,10H,2-4,6-8H2,1H3. The van der Waals surface area contributed by atoms with Crippen molar-refractivity contribution >= 4 is 0 Å². The highest BCUT2D eigenvalue weighted by Crippen LogP contribution is 2.08. The average molecular weight is 139 g/mol. The van der Waals surface area contributed by atoms with Gasteiger partial charge in [-0.2, -0.15) is 0 Å². The third kappa shape index (κ3) is 2.53. The van der Waals surface area contributed by atoms with Crippen LogP contribution in [0.25, 0.3) is 0 Å². The summed E-state index contributed by atoms with van der Waals surface area (Å²) in [5.74, 6) is 0. The Labute approximate surface area is 63.5 Å². The van der Waals surface area contributed by atoms with Crippen LogP contribution in [0.3, 0.4) is 0 Å². The summed E-state index contributed by atoms with van der Waals surface area (Å²) in [5, 5.41) is 3.33. The normalized spacial score (nSPS) is 22.3. The predicted octanol–water partition coefficient (Wildman–Crippen LogP) is 2.10. The second-order valence-electron chi connectivity index (χ2n) is 2.93. The molecule has 0 unspecified atom stereocenters. The van der Waals surface area contributed by atoms with Crippen molar-refractivity contribution in [3.05, 3.63) is 11.6 Å². The fourth-order valence-corrected chi connectivity index (χ4v) is 1.27. The van der Waals surface area contributed by atoms with Crippen LogP contribution in [0.1, 0.15) is 32.6 Å². The summed E-state index contributed by atoms with van der Waals surface area (Å²) in [7, 11) is 0. The maximum Gasteiger partial charge on any atom is 0.0165 e. The first-order valence-electron chi connectivity index (χ1n) is 4.32. The lowest BCUT2D eigenvalue weighted by molar-refractivity contribution is 0.808. The zero-order valence-electron chi connectivity index (χ0n) is 6.82. The summed E-state index contributed by atoms with van der Waals surface area (Å²) in [5.41, 5.74) is 1.62. The van der Waals surface area contributed by atoms with Crippen LogP contribution in [-0.2, 0) is 0 Å². The minimum atomic E-state index is 1.14. The largest absolute Gasteiger partial charge is 0.313 e. The third-order valence-corrected chi connectivity index (χ3v) is 1.97. The van der Waals surface area contributed by atoms with Gasteiger partial charge in [0, 0.05) is 6.54 Å². The topological polar surface area (TPSA) is 12.0 Å². The number of unbranched alkanes of at least 4 members (excludes halogenated alkanes) is 2. The van der Waals surface area contributed by atoms with E-state index < -0.39 is 0 Å². The van der Waals surface area contributed by atoms with E-state index in [2.05, 4.69) is 18.3 Å². The lowest BCUT2D eigenvalue weighted by atomic mass is 10.1. The number of nitrogens with one attached hydrogen (secondary N) is 1. The molecule has 0 aromatic carbocycles. The Bertz CT molecular complexity index is 108. The maximum absolute atomic E-state index is 3.33. The van der Waals surface area contributed by atoms with Gasteiger partial charge in [0.2, 0.25) is 0 Å². The second-order valence-corrected chi connectivity index (χ2v) is 2.93. The van der Waals surface area contributed by atoms with Gasteiger partial charge in [-0.05, 0) is 19.4 Å². The van der Waals surface area contributed by atoms with Gasteiger partial charge in [-0.1, -0.05) is 31.4 Å². The molecule has 1 fully saturated rings. The first-order valence-corrected chi connectivity index (χ1v) is 4.32. The molecule has 0 bridgehead atoms. The van der Waals surface area contributed by atoms with Crippen LogP contribution in [0.2, 0.25) is 0 Å². The molecule has 1 heteroatoms. The molecule has 0 saturated carbocycles. The Hall–Kier alpha value is -0.300. The minimum Gasteiger partial charge on any atom is -0.313 e. The van der Waals surface area contributed by atoms with Gasteiger partial charge in [-0.3, -0.25) is 0 Å². The van der Waals surface area contributed by atoms with Gasteiger partial charge in [0.05, 0.1) is 0 Å². The van der Waals surface area contributed by atoms with E-state index in [1.165, 1.54) is 32.2 Å². The van der Waals surface area contributed by atoms with Gasteiger partial charge < -0.3 is 5.32 Å². The zero-order valence-corrected chi connectivity index (χ0v) is 6.82. The molecule has 0 aromatic heterocycles. The van der Waals surface area contributed by atoms with Crippen LogP contribution in [0.15, 0.2) is 11.6 Å². The molecular weight excluding hydrogens is 122 g/mol. The second kappa shape index (κ2) is 4.51. The van der Waals surface area contributed by atoms with Crippen LogP contribution < -0.4 is 5.32 Å². The van der Waals surface area contributed by atoms with E-state index >= 15 is 0 Å². The third-order valence-electron chi connectivity index (χ3n) is 1.97. The molecule has 1 aliphatic heterocycles. The van der Waals surface area contributed by atoms with Crippen molar-refractivity contribution in [3.8, 4) is 0 Å². The molecule has 0 radical (unpaired) electrons. The summed E-state index contributed by atoms with van der Waals surface area (Å²) >= 11 is 0. The van der Waals surface area contributed by atoms with Crippen LogP contribution >= 0.6 is 0 Å². The predicted molar refractivity (Wildman–Crippen MR) is 45.1 cm³/mol. The van der Waals surface area contributed by atoms with Gasteiger partial charge in [-0.25, -0.2) is 0 Å². The summed E-state index contributed by atoms with van der Waals surface area (Å²) in [6, 6.07) is 0. The molecule has 0 spiro atoms. The summed E-state index contributed by atoms with van der Waals surface area (Å²) in [6.45, 7) is 4.58. The van der Waals surface area contributed by atoms with E-state index in [1.54, 1.807) is 5.57 Å². The van der Waals surface area contributed by atoms with Crippen molar-refractivity contribution in [1.82, 2.24) is 5.32 Å². The maximum atomic E-state index is 3.33. The summed E-state index contributed by atoms with van der Waals surface area (Å²) in [4.78, 5) is 0. The highest BCUT2D eigenvalue weighted by molar-refractivity contribution is 5.08. The number of rotatable bonds is 3. The minimum absolute atomic E-state index is 1.14. The molecule has 1 saturated heterocycles. The lowest BCUT2D eigenvalue weighted by Crippen LogP contribution is -2.04. The van der Waals surface area contributed by atoms with Crippen molar-refractivity contribution in [2.75, 3.05) is 13.1 Å². The molecular formula is C9H17N. The van der Waals surface area contributed by atoms with Crippen LogP contribution in [0.4, 0.5) is 0 Å². The Morgan fingerprint density at radius 3 is 3.10 bits per heavy atom. The number of allylic oxidation sites excluding steroid dienone is 1. The molecule has 0 aromatic rings. The summed E-state index contributed by atoms with van der Waals surface area (Å²) < 4.78 is 0. The molecule has 58 valence electrons. The van der Waals surface area contributed by atoms with Crippen LogP contribution in [0, 0.1) is 0 Å². The van der Waals surface area contributed by atoms with Gasteiger partial charge in [0.15, 0.2) is 0 Å². The molecule has 0 aliphatic carbocycles. The summed E-state index contributed by atoms with van der Waals surface area (Å²) in [6.07, 6.45) is 7.64. The number of hydrogen-bond donors (Lipinski definition) is 1. The zero-order chi connectivity index (χ0) is 7.23. The average Bonchev–Trinajstić information content (AvgIpc) is 2.41. The van der Waals surface area contributed by atoms with Crippen molar-refractivity contribution < 1.29 is 0 Å². The van der Waals surface area contributed by atoms with E-state index in [0.29, 0.717) is 0 Å². The quantitative estimate of drug-likeness (QED) is 0.466. The van der Waals surface area contributed by atoms with Gasteiger partial charge in [0.1, 0.15) is 0 Å². The molecule has 10 heavy (non-hydrogen) atoms. The molecule has 1 aliphatic rings. The van der Waals surface area contributed by atoms with Crippen LogP contribution in [0.5, 0.6) is 0 Å². The van der Waals surface area contributed by atoms with Crippen molar-refractivity contribution in [2.45, 2.75) is 32.6 Å². The Kier molecular flexibility index (Phi) is 3.52. The Balaban J connectivity index is 2.12. The van der Waals surface area contributed by atoms with E-state index in [0.717, 1.165) is 6.54 Å². The monoisotopic (exact) mass is 139 g/mol. The highest BCUT2D eigenvalue weighted by Gasteiger charge is 2.03. The molecule has 0 amide bonds. The fourth-order valence-electron chi connectivity index (χ4n) is 1.27. The van der Waals surface area contributed by atoms with Crippen molar-refractivity contribution in [2.24, 2.45) is 0 Å².